The van der Waals surface area contributed by atoms with Crippen LogP contribution >= 0.6 is 0 Å². The first kappa shape index (κ1) is 19.4. The molecule has 1 atom stereocenters. The van der Waals surface area contributed by atoms with Crippen molar-refractivity contribution in [3.63, 3.8) is 0 Å². The van der Waals surface area contributed by atoms with Crippen LogP contribution in [0.1, 0.15) is 35.6 Å². The highest BCUT2D eigenvalue weighted by atomic mass is 16.6. The zero-order valence-electron chi connectivity index (χ0n) is 17.1. The first-order valence-electron chi connectivity index (χ1n) is 10.2. The summed E-state index contributed by atoms with van der Waals surface area (Å²) < 4.78 is 6.77. The molecule has 0 saturated heterocycles. The van der Waals surface area contributed by atoms with Crippen molar-refractivity contribution in [3.8, 4) is 11.4 Å². The van der Waals surface area contributed by atoms with Crippen molar-refractivity contribution in [2.24, 2.45) is 4.99 Å². The molecule has 1 N–H and O–H groups in total. The van der Waals surface area contributed by atoms with Gasteiger partial charge in [0.25, 0.3) is 5.56 Å². The lowest BCUT2D eigenvalue weighted by Crippen LogP contribution is -2.44. The molecule has 2 aliphatic heterocycles. The molecule has 0 bridgehead atoms. The average Bonchev–Trinajstić information content (AvgIpc) is 3.15. The molecular formula is C24H21N3O4. The van der Waals surface area contributed by atoms with Gasteiger partial charge in [-0.25, -0.2) is 9.78 Å². The van der Waals surface area contributed by atoms with Crippen molar-refractivity contribution in [2.45, 2.75) is 32.1 Å². The van der Waals surface area contributed by atoms with E-state index in [1.54, 1.807) is 29.8 Å². The van der Waals surface area contributed by atoms with Gasteiger partial charge >= 0.3 is 5.97 Å². The first-order valence-corrected chi connectivity index (χ1v) is 10.2. The van der Waals surface area contributed by atoms with Crippen LogP contribution in [0.3, 0.4) is 0 Å². The maximum atomic E-state index is 13.3. The van der Waals surface area contributed by atoms with Crippen LogP contribution < -0.4 is 5.56 Å². The Labute approximate surface area is 178 Å². The van der Waals surface area contributed by atoms with Crippen molar-refractivity contribution >= 4 is 23.1 Å². The number of carbonyl (C=O) groups excluding carboxylic acids is 1. The van der Waals surface area contributed by atoms with E-state index in [9.17, 15) is 14.7 Å². The molecule has 4 heterocycles. The molecule has 7 nitrogen and oxygen atoms in total. The highest BCUT2D eigenvalue weighted by molar-refractivity contribution is 6.02. The SMILES string of the molecule is C=CCN=Cc1c2c(nc3ccccc13)-c1cc3c(c(=O)n1C2)COC(=O)[C@]3(O)CC. The minimum Gasteiger partial charge on any atom is -0.458 e. The number of fused-ring (bicyclic) bond motifs is 5. The summed E-state index contributed by atoms with van der Waals surface area (Å²) in [5, 5.41) is 11.9. The number of aliphatic hydroxyl groups is 1. The number of ether oxygens (including phenoxy) is 1. The molecular weight excluding hydrogens is 394 g/mol. The fourth-order valence-corrected chi connectivity index (χ4v) is 4.43. The molecule has 0 aliphatic carbocycles. The van der Waals surface area contributed by atoms with Gasteiger partial charge in [0.2, 0.25) is 0 Å². The molecule has 1 aromatic carbocycles. The van der Waals surface area contributed by atoms with Crippen LogP contribution in [-0.2, 0) is 28.3 Å². The molecule has 0 unspecified atom stereocenters. The van der Waals surface area contributed by atoms with Crippen molar-refractivity contribution in [1.29, 1.82) is 0 Å². The summed E-state index contributed by atoms with van der Waals surface area (Å²) in [5.41, 5.74) is 2.34. The number of cyclic esters (lactones) is 1. The van der Waals surface area contributed by atoms with E-state index in [1.165, 1.54) is 0 Å². The van der Waals surface area contributed by atoms with E-state index in [0.29, 0.717) is 35.6 Å². The van der Waals surface area contributed by atoms with Gasteiger partial charge in [0, 0.05) is 28.3 Å². The molecule has 5 rings (SSSR count). The molecule has 31 heavy (non-hydrogen) atoms. The molecule has 7 heteroatoms. The summed E-state index contributed by atoms with van der Waals surface area (Å²) in [7, 11) is 0. The number of esters is 1. The Hall–Kier alpha value is -3.58. The van der Waals surface area contributed by atoms with Gasteiger partial charge in [0.1, 0.15) is 6.61 Å². The molecule has 0 saturated carbocycles. The smallest absolute Gasteiger partial charge is 0.343 e. The van der Waals surface area contributed by atoms with E-state index >= 15 is 0 Å². The zero-order valence-corrected chi connectivity index (χ0v) is 17.1. The summed E-state index contributed by atoms with van der Waals surface area (Å²) in [5.74, 6) is -0.728. The molecule has 0 fully saturated rings. The van der Waals surface area contributed by atoms with Crippen molar-refractivity contribution < 1.29 is 14.6 Å². The number of hydrogen-bond acceptors (Lipinski definition) is 6. The second-order valence-electron chi connectivity index (χ2n) is 7.76. The molecule has 0 spiro atoms. The number of aromatic nitrogens is 2. The molecule has 2 aromatic heterocycles. The van der Waals surface area contributed by atoms with E-state index in [1.807, 2.05) is 24.3 Å². The van der Waals surface area contributed by atoms with Crippen LogP contribution in [0.25, 0.3) is 22.3 Å². The summed E-state index contributed by atoms with van der Waals surface area (Å²) in [6, 6.07) is 9.47. The summed E-state index contributed by atoms with van der Waals surface area (Å²) in [6.07, 6.45) is 3.63. The van der Waals surface area contributed by atoms with Gasteiger partial charge in [-0.2, -0.15) is 0 Å². The van der Waals surface area contributed by atoms with Crippen LogP contribution in [0.5, 0.6) is 0 Å². The van der Waals surface area contributed by atoms with E-state index in [4.69, 9.17) is 9.72 Å². The molecule has 0 amide bonds. The van der Waals surface area contributed by atoms with Gasteiger partial charge in [-0.15, -0.1) is 6.58 Å². The van der Waals surface area contributed by atoms with Gasteiger partial charge in [0.15, 0.2) is 5.60 Å². The van der Waals surface area contributed by atoms with Crippen LogP contribution in [0.15, 0.2) is 52.8 Å². The normalized spacial score (nSPS) is 19.2. The van der Waals surface area contributed by atoms with E-state index < -0.39 is 11.6 Å². The van der Waals surface area contributed by atoms with Crippen molar-refractivity contribution in [3.05, 3.63) is 75.6 Å². The van der Waals surface area contributed by atoms with Crippen LogP contribution in [-0.4, -0.2) is 33.4 Å². The monoisotopic (exact) mass is 415 g/mol. The third-order valence-corrected chi connectivity index (χ3v) is 6.09. The number of carbonyl (C=O) groups is 1. The number of hydrogen-bond donors (Lipinski definition) is 1. The average molecular weight is 415 g/mol. The molecule has 0 radical (unpaired) electrons. The number of para-hydroxylation sites is 1. The summed E-state index contributed by atoms with van der Waals surface area (Å²) >= 11 is 0. The fourth-order valence-electron chi connectivity index (χ4n) is 4.43. The van der Waals surface area contributed by atoms with Gasteiger partial charge in [-0.1, -0.05) is 31.2 Å². The molecule has 156 valence electrons. The van der Waals surface area contributed by atoms with Gasteiger partial charge < -0.3 is 14.4 Å². The minimum atomic E-state index is -1.84. The van der Waals surface area contributed by atoms with Gasteiger partial charge in [0.05, 0.1) is 35.6 Å². The Morgan fingerprint density at radius 3 is 2.90 bits per heavy atom. The minimum absolute atomic E-state index is 0.110. The topological polar surface area (TPSA) is 93.8 Å². The van der Waals surface area contributed by atoms with Crippen molar-refractivity contribution in [2.75, 3.05) is 6.54 Å². The predicted octanol–water partition coefficient (Wildman–Crippen LogP) is 2.68. The number of pyridine rings is 2. The number of aliphatic imine (C=N–C) groups is 1. The van der Waals surface area contributed by atoms with E-state index in [2.05, 4.69) is 11.6 Å². The van der Waals surface area contributed by atoms with Crippen LogP contribution in [0.2, 0.25) is 0 Å². The number of benzene rings is 1. The molecule has 3 aromatic rings. The summed E-state index contributed by atoms with van der Waals surface area (Å²) in [4.78, 5) is 34.9. The highest BCUT2D eigenvalue weighted by Gasteiger charge is 2.45. The number of rotatable bonds is 4. The lowest BCUT2D eigenvalue weighted by atomic mass is 9.86. The van der Waals surface area contributed by atoms with Crippen LogP contribution in [0, 0.1) is 0 Å². The lowest BCUT2D eigenvalue weighted by molar-refractivity contribution is -0.172. The Balaban J connectivity index is 1.81. The standard InChI is InChI=1S/C24H21N3O4/c1-3-9-25-11-15-14-7-5-6-8-19(14)26-21-16(15)12-27-20(21)10-18-17(22(27)28)13-31-23(29)24(18,30)4-2/h3,5-8,10-11,30H,1,4,9,12-13H2,2H3/t24-/m0/s1. The highest BCUT2D eigenvalue weighted by Crippen LogP contribution is 2.39. The quantitative estimate of drug-likeness (QED) is 0.314. The van der Waals surface area contributed by atoms with Gasteiger partial charge in [-0.3, -0.25) is 9.79 Å². The number of nitrogens with zero attached hydrogens (tertiary/aromatic N) is 3. The molecule has 2 aliphatic rings. The largest absolute Gasteiger partial charge is 0.458 e. The maximum absolute atomic E-state index is 13.3. The predicted molar refractivity (Wildman–Crippen MR) is 117 cm³/mol. The van der Waals surface area contributed by atoms with E-state index in [0.717, 1.165) is 22.0 Å². The Bertz CT molecular complexity index is 1360. The first-order chi connectivity index (χ1) is 15.0. The summed E-state index contributed by atoms with van der Waals surface area (Å²) in [6.45, 7) is 6.07. The van der Waals surface area contributed by atoms with Crippen LogP contribution in [0.4, 0.5) is 0 Å². The zero-order chi connectivity index (χ0) is 21.8. The second-order valence-corrected chi connectivity index (χ2v) is 7.76. The third-order valence-electron chi connectivity index (χ3n) is 6.09. The van der Waals surface area contributed by atoms with Crippen molar-refractivity contribution in [1.82, 2.24) is 9.55 Å². The second kappa shape index (κ2) is 6.99. The van der Waals surface area contributed by atoms with E-state index in [-0.39, 0.29) is 18.6 Å². The Kier molecular flexibility index (Phi) is 4.37. The Morgan fingerprint density at radius 1 is 1.32 bits per heavy atom. The lowest BCUT2D eigenvalue weighted by Gasteiger charge is -2.31. The van der Waals surface area contributed by atoms with Gasteiger partial charge in [-0.05, 0) is 18.6 Å². The third kappa shape index (κ3) is 2.70. The Morgan fingerprint density at radius 2 is 2.13 bits per heavy atom. The maximum Gasteiger partial charge on any atom is 0.343 e. The fraction of sp³-hybridized carbons (Fsp3) is 0.250.